The van der Waals surface area contributed by atoms with Gasteiger partial charge in [0.1, 0.15) is 0 Å². The van der Waals surface area contributed by atoms with Crippen molar-refractivity contribution in [3.8, 4) is 0 Å². The Morgan fingerprint density at radius 2 is 1.79 bits per heavy atom. The van der Waals surface area contributed by atoms with E-state index in [1.165, 1.54) is 36.0 Å². The Balaban J connectivity index is 4.56. The van der Waals surface area contributed by atoms with Crippen molar-refractivity contribution in [2.24, 2.45) is 0 Å². The van der Waals surface area contributed by atoms with E-state index in [1.807, 2.05) is 0 Å². The zero-order chi connectivity index (χ0) is 11.0. The smallest absolute Gasteiger partial charge is 0.00634 e. The van der Waals surface area contributed by atoms with Crippen molar-refractivity contribution in [3.63, 3.8) is 0 Å². The molecule has 80 valence electrons. The van der Waals surface area contributed by atoms with Crippen LogP contribution in [0.1, 0.15) is 60.3 Å². The zero-order valence-electron chi connectivity index (χ0n) is 10.4. The highest BCUT2D eigenvalue weighted by molar-refractivity contribution is 5.29. The summed E-state index contributed by atoms with van der Waals surface area (Å²) in [5.74, 6) is 0. The molecule has 0 aromatic rings. The minimum absolute atomic E-state index is 1.12. The Morgan fingerprint density at radius 3 is 2.21 bits per heavy atom. The maximum Gasteiger partial charge on any atom is -0.00634 e. The summed E-state index contributed by atoms with van der Waals surface area (Å²) in [7, 11) is 0. The molecule has 0 aromatic carbocycles. The summed E-state index contributed by atoms with van der Waals surface area (Å²) in [6.45, 7) is 10.8. The fourth-order valence-electron chi connectivity index (χ4n) is 1.50. The van der Waals surface area contributed by atoms with Gasteiger partial charge in [0.05, 0.1) is 0 Å². The van der Waals surface area contributed by atoms with E-state index in [1.54, 1.807) is 0 Å². The number of unbranched alkanes of at least 4 members (excludes halogenated alkanes) is 2. The van der Waals surface area contributed by atoms with Gasteiger partial charge in [-0.3, -0.25) is 0 Å². The molecule has 0 heteroatoms. The number of allylic oxidation sites excluding steroid dienone is 3. The SMILES string of the molecule is CCCCC=C(CC)C(C)=C=C(C)C. The van der Waals surface area contributed by atoms with Crippen LogP contribution in [-0.4, -0.2) is 0 Å². The minimum atomic E-state index is 1.12. The monoisotopic (exact) mass is 192 g/mol. The van der Waals surface area contributed by atoms with Crippen molar-refractivity contribution in [1.29, 1.82) is 0 Å². The molecule has 0 saturated carbocycles. The highest BCUT2D eigenvalue weighted by Gasteiger charge is 1.95. The number of hydrogen-bond donors (Lipinski definition) is 0. The maximum absolute atomic E-state index is 3.39. The summed E-state index contributed by atoms with van der Waals surface area (Å²) in [5, 5.41) is 0. The maximum atomic E-state index is 3.39. The van der Waals surface area contributed by atoms with Crippen LogP contribution in [0.2, 0.25) is 0 Å². The molecule has 0 radical (unpaired) electrons. The van der Waals surface area contributed by atoms with Crippen molar-refractivity contribution in [2.75, 3.05) is 0 Å². The van der Waals surface area contributed by atoms with Gasteiger partial charge >= 0.3 is 0 Å². The Hall–Kier alpha value is -0.740. The molecule has 0 aliphatic rings. The molecule has 0 spiro atoms. The van der Waals surface area contributed by atoms with Gasteiger partial charge in [-0.25, -0.2) is 0 Å². The van der Waals surface area contributed by atoms with Gasteiger partial charge in [-0.2, -0.15) is 0 Å². The first kappa shape index (κ1) is 13.3. The van der Waals surface area contributed by atoms with E-state index in [0.717, 1.165) is 6.42 Å². The van der Waals surface area contributed by atoms with Crippen molar-refractivity contribution in [3.05, 3.63) is 28.5 Å². The summed E-state index contributed by atoms with van der Waals surface area (Å²) in [6, 6.07) is 0. The molecular formula is C14H24. The van der Waals surface area contributed by atoms with E-state index < -0.39 is 0 Å². The first-order valence-electron chi connectivity index (χ1n) is 5.71. The molecule has 0 aliphatic carbocycles. The zero-order valence-corrected chi connectivity index (χ0v) is 10.4. The van der Waals surface area contributed by atoms with Gasteiger partial charge in [-0.15, -0.1) is 5.73 Å². The highest BCUT2D eigenvalue weighted by Crippen LogP contribution is 2.14. The Bertz CT molecular complexity index is 243. The molecule has 0 aliphatic heterocycles. The summed E-state index contributed by atoms with van der Waals surface area (Å²) in [6.07, 6.45) is 7.27. The molecule has 0 atom stereocenters. The van der Waals surface area contributed by atoms with E-state index >= 15 is 0 Å². The van der Waals surface area contributed by atoms with Gasteiger partial charge in [0.15, 0.2) is 0 Å². The lowest BCUT2D eigenvalue weighted by atomic mass is 10.0. The summed E-state index contributed by atoms with van der Waals surface area (Å²) >= 11 is 0. The van der Waals surface area contributed by atoms with Crippen LogP contribution in [0.4, 0.5) is 0 Å². The second-order valence-corrected chi connectivity index (χ2v) is 3.98. The van der Waals surface area contributed by atoms with Gasteiger partial charge in [0.2, 0.25) is 0 Å². The third-order valence-electron chi connectivity index (χ3n) is 2.25. The second-order valence-electron chi connectivity index (χ2n) is 3.98. The van der Waals surface area contributed by atoms with Crippen molar-refractivity contribution < 1.29 is 0 Å². The predicted molar refractivity (Wildman–Crippen MR) is 65.5 cm³/mol. The lowest BCUT2D eigenvalue weighted by Gasteiger charge is -2.02. The normalized spacial score (nSPS) is 11.1. The molecule has 0 bridgehead atoms. The molecule has 0 fully saturated rings. The van der Waals surface area contributed by atoms with Crippen LogP contribution in [0, 0.1) is 0 Å². The highest BCUT2D eigenvalue weighted by atomic mass is 14.0. The van der Waals surface area contributed by atoms with Gasteiger partial charge in [-0.05, 0) is 50.3 Å². The van der Waals surface area contributed by atoms with Gasteiger partial charge in [0, 0.05) is 0 Å². The van der Waals surface area contributed by atoms with E-state index in [9.17, 15) is 0 Å². The molecule has 0 unspecified atom stereocenters. The van der Waals surface area contributed by atoms with Gasteiger partial charge in [0.25, 0.3) is 0 Å². The molecule has 0 amide bonds. The Morgan fingerprint density at radius 1 is 1.14 bits per heavy atom. The lowest BCUT2D eigenvalue weighted by Crippen LogP contribution is -1.83. The van der Waals surface area contributed by atoms with Crippen LogP contribution in [0.3, 0.4) is 0 Å². The number of hydrogen-bond acceptors (Lipinski definition) is 0. The van der Waals surface area contributed by atoms with Crippen LogP contribution in [0.5, 0.6) is 0 Å². The molecule has 0 saturated heterocycles. The number of rotatable bonds is 5. The van der Waals surface area contributed by atoms with Crippen LogP contribution in [0.15, 0.2) is 28.5 Å². The van der Waals surface area contributed by atoms with Crippen LogP contribution >= 0.6 is 0 Å². The van der Waals surface area contributed by atoms with E-state index in [2.05, 4.69) is 46.4 Å². The van der Waals surface area contributed by atoms with Crippen LogP contribution in [0.25, 0.3) is 0 Å². The first-order chi connectivity index (χ1) is 6.61. The fourth-order valence-corrected chi connectivity index (χ4v) is 1.50. The quantitative estimate of drug-likeness (QED) is 0.326. The largest absolute Gasteiger partial charge is 0.119 e. The average Bonchev–Trinajstić information content (AvgIpc) is 2.11. The van der Waals surface area contributed by atoms with Crippen LogP contribution < -0.4 is 0 Å². The van der Waals surface area contributed by atoms with Crippen LogP contribution in [-0.2, 0) is 0 Å². The van der Waals surface area contributed by atoms with E-state index in [-0.39, 0.29) is 0 Å². The van der Waals surface area contributed by atoms with Crippen molar-refractivity contribution in [2.45, 2.75) is 60.3 Å². The predicted octanol–water partition coefficient (Wildman–Crippen LogP) is 5.02. The van der Waals surface area contributed by atoms with Gasteiger partial charge in [-0.1, -0.05) is 32.8 Å². The standard InChI is InChI=1S/C14H24/c1-6-8-9-10-14(7-2)13(5)11-12(3)4/h10H,6-9H2,1-5H3. The minimum Gasteiger partial charge on any atom is -0.119 e. The molecule has 0 aromatic heterocycles. The Kier molecular flexibility index (Phi) is 7.24. The summed E-state index contributed by atoms with van der Waals surface area (Å²) in [5.41, 5.74) is 7.41. The van der Waals surface area contributed by atoms with Crippen molar-refractivity contribution >= 4 is 0 Å². The average molecular weight is 192 g/mol. The summed E-state index contributed by atoms with van der Waals surface area (Å²) < 4.78 is 0. The van der Waals surface area contributed by atoms with E-state index in [0.29, 0.717) is 0 Å². The second kappa shape index (κ2) is 7.64. The molecular weight excluding hydrogens is 168 g/mol. The molecule has 0 rings (SSSR count). The molecule has 14 heavy (non-hydrogen) atoms. The molecule has 0 heterocycles. The Labute approximate surface area is 89.4 Å². The fraction of sp³-hybridized carbons (Fsp3) is 0.643. The van der Waals surface area contributed by atoms with Crippen molar-refractivity contribution in [1.82, 2.24) is 0 Å². The summed E-state index contributed by atoms with van der Waals surface area (Å²) in [4.78, 5) is 0. The molecule has 0 N–H and O–H groups in total. The third kappa shape index (κ3) is 5.83. The first-order valence-corrected chi connectivity index (χ1v) is 5.71. The van der Waals surface area contributed by atoms with Gasteiger partial charge < -0.3 is 0 Å². The lowest BCUT2D eigenvalue weighted by molar-refractivity contribution is 0.808. The van der Waals surface area contributed by atoms with E-state index in [4.69, 9.17) is 0 Å². The topological polar surface area (TPSA) is 0 Å². The third-order valence-corrected chi connectivity index (χ3v) is 2.25. The molecule has 0 nitrogen and oxygen atoms in total.